The van der Waals surface area contributed by atoms with Crippen LogP contribution >= 0.6 is 11.3 Å². The van der Waals surface area contributed by atoms with Crippen molar-refractivity contribution in [1.29, 1.82) is 0 Å². The molecule has 122 valence electrons. The van der Waals surface area contributed by atoms with Crippen molar-refractivity contribution < 1.29 is 19.5 Å². The van der Waals surface area contributed by atoms with Gasteiger partial charge in [0.25, 0.3) is 5.91 Å². The Labute approximate surface area is 137 Å². The molecule has 23 heavy (non-hydrogen) atoms. The predicted molar refractivity (Wildman–Crippen MR) is 82.1 cm³/mol. The highest BCUT2D eigenvalue weighted by Crippen LogP contribution is 2.47. The normalized spacial score (nSPS) is 27.9. The number of allylic oxidation sites excluding steroid dienone is 2. The van der Waals surface area contributed by atoms with Gasteiger partial charge in [-0.25, -0.2) is 0 Å². The van der Waals surface area contributed by atoms with Crippen LogP contribution in [0.5, 0.6) is 0 Å². The molecule has 4 atom stereocenters. The van der Waals surface area contributed by atoms with Crippen LogP contribution in [0.4, 0.5) is 0 Å². The van der Waals surface area contributed by atoms with Crippen LogP contribution in [0.1, 0.15) is 27.2 Å². The van der Waals surface area contributed by atoms with Crippen LogP contribution in [-0.2, 0) is 9.59 Å². The van der Waals surface area contributed by atoms with E-state index in [-0.39, 0.29) is 11.8 Å². The molecule has 2 N–H and O–H groups in total. The van der Waals surface area contributed by atoms with Crippen molar-refractivity contribution >= 4 is 29.1 Å². The molecule has 1 heterocycles. The summed E-state index contributed by atoms with van der Waals surface area (Å²) in [4.78, 5) is 36.8. The fraction of sp³-hybridized carbons (Fsp3) is 0.438. The molecule has 2 bridgehead atoms. The number of carboxylic acids is 1. The molecule has 1 aromatic heterocycles. The summed E-state index contributed by atoms with van der Waals surface area (Å²) in [6.07, 6.45) is 4.36. The van der Waals surface area contributed by atoms with E-state index in [4.69, 9.17) is 0 Å². The lowest BCUT2D eigenvalue weighted by molar-refractivity contribution is -0.313. The summed E-state index contributed by atoms with van der Waals surface area (Å²) in [7, 11) is 0. The number of aryl methyl sites for hydroxylation is 1. The number of carbonyl (C=O) groups is 3. The molecule has 2 aliphatic rings. The van der Waals surface area contributed by atoms with Crippen molar-refractivity contribution in [2.45, 2.75) is 20.3 Å². The third-order valence-electron chi connectivity index (χ3n) is 4.86. The number of carboxylic acid groups (broad SMARTS) is 1. The zero-order valence-corrected chi connectivity index (χ0v) is 13.6. The molecule has 0 radical (unpaired) electrons. The quantitative estimate of drug-likeness (QED) is 0.614. The van der Waals surface area contributed by atoms with Crippen LogP contribution in [-0.4, -0.2) is 17.8 Å². The van der Waals surface area contributed by atoms with Crippen molar-refractivity contribution in [3.05, 3.63) is 33.5 Å². The summed E-state index contributed by atoms with van der Waals surface area (Å²) in [5.74, 6) is -3.87. The van der Waals surface area contributed by atoms with Crippen molar-refractivity contribution in [3.8, 4) is 0 Å². The van der Waals surface area contributed by atoms with Crippen molar-refractivity contribution in [2.75, 3.05) is 0 Å². The second-order valence-corrected chi connectivity index (χ2v) is 7.18. The Kier molecular flexibility index (Phi) is 3.97. The molecule has 7 heteroatoms. The third kappa shape index (κ3) is 2.65. The monoisotopic (exact) mass is 333 g/mol. The van der Waals surface area contributed by atoms with Crippen molar-refractivity contribution in [1.82, 2.24) is 10.9 Å². The average molecular weight is 333 g/mol. The molecule has 2 amide bonds. The van der Waals surface area contributed by atoms with Crippen LogP contribution < -0.4 is 16.0 Å². The van der Waals surface area contributed by atoms with E-state index < -0.39 is 29.6 Å². The molecule has 3 rings (SSSR count). The number of hydrazine groups is 1. The van der Waals surface area contributed by atoms with Gasteiger partial charge in [-0.15, -0.1) is 11.3 Å². The molecule has 1 saturated carbocycles. The van der Waals surface area contributed by atoms with Gasteiger partial charge in [-0.3, -0.25) is 20.4 Å². The minimum atomic E-state index is -1.21. The number of fused-ring (bicyclic) bond motifs is 2. The number of thiophene rings is 1. The van der Waals surface area contributed by atoms with E-state index in [0.717, 1.165) is 10.4 Å². The smallest absolute Gasteiger partial charge is 0.270 e. The van der Waals surface area contributed by atoms with Gasteiger partial charge in [0, 0.05) is 22.1 Å². The summed E-state index contributed by atoms with van der Waals surface area (Å²) in [6.45, 7) is 3.76. The number of hydrogen-bond acceptors (Lipinski definition) is 5. The average Bonchev–Trinajstić information content (AvgIpc) is 3.20. The van der Waals surface area contributed by atoms with E-state index in [0.29, 0.717) is 12.0 Å². The number of rotatable bonds is 3. The molecule has 0 unspecified atom stereocenters. The van der Waals surface area contributed by atoms with Gasteiger partial charge in [-0.2, -0.15) is 0 Å². The van der Waals surface area contributed by atoms with E-state index in [1.54, 1.807) is 5.38 Å². The first-order valence-electron chi connectivity index (χ1n) is 7.44. The maximum atomic E-state index is 12.3. The Morgan fingerprint density at radius 2 is 1.78 bits per heavy atom. The van der Waals surface area contributed by atoms with E-state index in [2.05, 4.69) is 10.9 Å². The molecule has 0 saturated heterocycles. The largest absolute Gasteiger partial charge is 0.550 e. The Bertz CT molecular complexity index is 709. The highest BCUT2D eigenvalue weighted by molar-refractivity contribution is 7.10. The second kappa shape index (κ2) is 5.81. The maximum absolute atomic E-state index is 12.3. The lowest BCUT2D eigenvalue weighted by atomic mass is 9.82. The molecular formula is C16H17N2O4S-. The zero-order valence-electron chi connectivity index (χ0n) is 12.8. The summed E-state index contributed by atoms with van der Waals surface area (Å²) < 4.78 is 0. The van der Waals surface area contributed by atoms with Crippen LogP contribution in [0.2, 0.25) is 0 Å². The fourth-order valence-electron chi connectivity index (χ4n) is 3.51. The lowest BCUT2D eigenvalue weighted by Gasteiger charge is -2.27. The van der Waals surface area contributed by atoms with Gasteiger partial charge in [0.15, 0.2) is 0 Å². The highest BCUT2D eigenvalue weighted by Gasteiger charge is 2.48. The fourth-order valence-corrected chi connectivity index (χ4v) is 4.37. The standard InChI is InChI=1S/C16H18N2O4S/c1-7-8(2)23-6-11(7)14(19)17-18-15(20)12-9-3-4-10(5-9)13(12)16(21)22/h3-4,6,9-10,12-13H,5H2,1-2H3,(H,17,19)(H,18,20)(H,21,22)/p-1/t9-,10-,12+,13-/m0/s1. The molecule has 6 nitrogen and oxygen atoms in total. The maximum Gasteiger partial charge on any atom is 0.270 e. The SMILES string of the molecule is Cc1scc(C(=O)NNC(=O)[C@H]2[C@@H](C(=O)[O-])[C@H]3C=C[C@H]2C3)c1C. The summed E-state index contributed by atoms with van der Waals surface area (Å²) in [5, 5.41) is 13.0. The summed E-state index contributed by atoms with van der Waals surface area (Å²) in [6, 6.07) is 0. The molecule has 1 fully saturated rings. The summed E-state index contributed by atoms with van der Waals surface area (Å²) in [5.41, 5.74) is 6.13. The summed E-state index contributed by atoms with van der Waals surface area (Å²) >= 11 is 1.46. The predicted octanol–water partition coefficient (Wildman–Crippen LogP) is 0.314. The Morgan fingerprint density at radius 3 is 2.35 bits per heavy atom. The van der Waals surface area contributed by atoms with Crippen LogP contribution in [0.3, 0.4) is 0 Å². The van der Waals surface area contributed by atoms with Crippen LogP contribution in [0.25, 0.3) is 0 Å². The first-order valence-corrected chi connectivity index (χ1v) is 8.32. The van der Waals surface area contributed by atoms with E-state index >= 15 is 0 Å². The van der Waals surface area contributed by atoms with Crippen molar-refractivity contribution in [3.63, 3.8) is 0 Å². The topological polar surface area (TPSA) is 98.3 Å². The number of carbonyl (C=O) groups excluding carboxylic acids is 3. The zero-order chi connectivity index (χ0) is 16.7. The number of aliphatic carboxylic acids is 1. The van der Waals surface area contributed by atoms with E-state index in [9.17, 15) is 19.5 Å². The molecule has 0 spiro atoms. The van der Waals surface area contributed by atoms with E-state index in [1.807, 2.05) is 26.0 Å². The first-order chi connectivity index (χ1) is 10.9. The molecule has 0 aromatic carbocycles. The third-order valence-corrected chi connectivity index (χ3v) is 5.88. The number of nitrogens with one attached hydrogen (secondary N) is 2. The Morgan fingerprint density at radius 1 is 1.13 bits per heavy atom. The van der Waals surface area contributed by atoms with Gasteiger partial charge in [0.1, 0.15) is 0 Å². The van der Waals surface area contributed by atoms with Gasteiger partial charge in [0.05, 0.1) is 11.5 Å². The molecular weight excluding hydrogens is 316 g/mol. The van der Waals surface area contributed by atoms with Gasteiger partial charge in [0.2, 0.25) is 5.91 Å². The van der Waals surface area contributed by atoms with Gasteiger partial charge in [-0.1, -0.05) is 12.2 Å². The van der Waals surface area contributed by atoms with Gasteiger partial charge < -0.3 is 9.90 Å². The van der Waals surface area contributed by atoms with Crippen LogP contribution in [0, 0.1) is 37.5 Å². The lowest BCUT2D eigenvalue weighted by Crippen LogP contribution is -2.50. The first kappa shape index (κ1) is 15.7. The Balaban J connectivity index is 1.66. The number of hydrogen-bond donors (Lipinski definition) is 2. The van der Waals surface area contributed by atoms with Gasteiger partial charge in [-0.05, 0) is 37.7 Å². The van der Waals surface area contributed by atoms with Crippen LogP contribution in [0.15, 0.2) is 17.5 Å². The minimum Gasteiger partial charge on any atom is -0.550 e. The highest BCUT2D eigenvalue weighted by atomic mass is 32.1. The second-order valence-electron chi connectivity index (χ2n) is 6.09. The van der Waals surface area contributed by atoms with Crippen molar-refractivity contribution in [2.24, 2.45) is 23.7 Å². The van der Waals surface area contributed by atoms with Gasteiger partial charge >= 0.3 is 0 Å². The molecule has 1 aromatic rings. The van der Waals surface area contributed by atoms with E-state index in [1.165, 1.54) is 11.3 Å². The minimum absolute atomic E-state index is 0.107. The molecule has 0 aliphatic heterocycles. The Hall–Kier alpha value is -2.15. The molecule has 2 aliphatic carbocycles. The number of amides is 2.